The molecule has 1 heterocycles. The molecule has 1 aliphatic rings. The zero-order chi connectivity index (χ0) is 12.0. The van der Waals surface area contributed by atoms with E-state index in [1.54, 1.807) is 0 Å². The van der Waals surface area contributed by atoms with E-state index in [1.165, 1.54) is 39.0 Å². The maximum Gasteiger partial charge on any atom is 0.0120 e. The van der Waals surface area contributed by atoms with Crippen LogP contribution in [0.2, 0.25) is 0 Å². The van der Waals surface area contributed by atoms with Crippen molar-refractivity contribution in [3.05, 3.63) is 0 Å². The fourth-order valence-electron chi connectivity index (χ4n) is 2.70. The molecular weight excluding hydrogens is 198 g/mol. The van der Waals surface area contributed by atoms with Crippen LogP contribution in [0.25, 0.3) is 0 Å². The van der Waals surface area contributed by atoms with Gasteiger partial charge in [-0.1, -0.05) is 20.8 Å². The molecule has 1 saturated heterocycles. The predicted octanol–water partition coefficient (Wildman–Crippen LogP) is 1.39. The molecule has 1 aliphatic heterocycles. The van der Waals surface area contributed by atoms with Gasteiger partial charge in [-0.25, -0.2) is 0 Å². The number of piperidine rings is 1. The average Bonchev–Trinajstić information content (AvgIpc) is 2.27. The van der Waals surface area contributed by atoms with Gasteiger partial charge in [0.05, 0.1) is 0 Å². The van der Waals surface area contributed by atoms with Gasteiger partial charge in [-0.3, -0.25) is 0 Å². The van der Waals surface area contributed by atoms with E-state index in [0.29, 0.717) is 0 Å². The third-order valence-electron chi connectivity index (χ3n) is 3.52. The number of hydrogen-bond donors (Lipinski definition) is 1. The summed E-state index contributed by atoms with van der Waals surface area (Å²) >= 11 is 0. The van der Waals surface area contributed by atoms with Crippen LogP contribution in [0.5, 0.6) is 0 Å². The summed E-state index contributed by atoms with van der Waals surface area (Å²) < 4.78 is 0. The highest BCUT2D eigenvalue weighted by Crippen LogP contribution is 2.17. The first-order chi connectivity index (χ1) is 7.67. The van der Waals surface area contributed by atoms with E-state index in [-0.39, 0.29) is 0 Å². The molecule has 0 amide bonds. The SMILES string of the molecule is CCN(CC(C)C)C1CCN(CCN)CC1. The van der Waals surface area contributed by atoms with E-state index in [9.17, 15) is 0 Å². The molecule has 1 fully saturated rings. The van der Waals surface area contributed by atoms with Crippen LogP contribution in [0, 0.1) is 5.92 Å². The molecule has 0 aliphatic carbocycles. The Morgan fingerprint density at radius 2 is 1.94 bits per heavy atom. The van der Waals surface area contributed by atoms with Gasteiger partial charge in [0.25, 0.3) is 0 Å². The molecule has 3 heteroatoms. The molecule has 0 aromatic heterocycles. The summed E-state index contributed by atoms with van der Waals surface area (Å²) in [4.78, 5) is 5.16. The van der Waals surface area contributed by atoms with Crippen molar-refractivity contribution >= 4 is 0 Å². The Labute approximate surface area is 101 Å². The highest BCUT2D eigenvalue weighted by molar-refractivity contribution is 4.79. The van der Waals surface area contributed by atoms with Crippen LogP contribution in [-0.2, 0) is 0 Å². The second kappa shape index (κ2) is 7.25. The van der Waals surface area contributed by atoms with Gasteiger partial charge >= 0.3 is 0 Å². The number of rotatable bonds is 6. The first-order valence-corrected chi connectivity index (χ1v) is 6.83. The lowest BCUT2D eigenvalue weighted by atomic mass is 10.0. The standard InChI is InChI=1S/C13H29N3/c1-4-16(11-12(2)3)13-5-8-15(9-6-13)10-7-14/h12-13H,4-11,14H2,1-3H3. The minimum Gasteiger partial charge on any atom is -0.329 e. The molecule has 0 radical (unpaired) electrons. The molecule has 0 saturated carbocycles. The summed E-state index contributed by atoms with van der Waals surface area (Å²) in [6, 6.07) is 0.807. The summed E-state index contributed by atoms with van der Waals surface area (Å²) in [6.45, 7) is 13.7. The van der Waals surface area contributed by atoms with Gasteiger partial charge in [0, 0.05) is 25.7 Å². The van der Waals surface area contributed by atoms with Crippen LogP contribution in [0.4, 0.5) is 0 Å². The minimum absolute atomic E-state index is 0.780. The molecule has 3 nitrogen and oxygen atoms in total. The van der Waals surface area contributed by atoms with Gasteiger partial charge < -0.3 is 15.5 Å². The van der Waals surface area contributed by atoms with Crippen LogP contribution >= 0.6 is 0 Å². The second-order valence-electron chi connectivity index (χ2n) is 5.34. The Hall–Kier alpha value is -0.120. The first-order valence-electron chi connectivity index (χ1n) is 6.83. The van der Waals surface area contributed by atoms with Gasteiger partial charge in [0.1, 0.15) is 0 Å². The zero-order valence-electron chi connectivity index (χ0n) is 11.3. The van der Waals surface area contributed by atoms with E-state index >= 15 is 0 Å². The molecular formula is C13H29N3. The lowest BCUT2D eigenvalue weighted by Gasteiger charge is -2.38. The van der Waals surface area contributed by atoms with Crippen molar-refractivity contribution in [2.45, 2.75) is 39.7 Å². The Bertz CT molecular complexity index is 174. The maximum absolute atomic E-state index is 5.59. The molecule has 1 rings (SSSR count). The first kappa shape index (κ1) is 13.9. The monoisotopic (exact) mass is 227 g/mol. The highest BCUT2D eigenvalue weighted by Gasteiger charge is 2.23. The quantitative estimate of drug-likeness (QED) is 0.744. The van der Waals surface area contributed by atoms with E-state index in [1.807, 2.05) is 0 Å². The van der Waals surface area contributed by atoms with Crippen LogP contribution in [0.3, 0.4) is 0 Å². The minimum atomic E-state index is 0.780. The molecule has 96 valence electrons. The maximum atomic E-state index is 5.59. The Balaban J connectivity index is 2.32. The highest BCUT2D eigenvalue weighted by atomic mass is 15.2. The molecule has 0 atom stereocenters. The van der Waals surface area contributed by atoms with Crippen molar-refractivity contribution in [2.75, 3.05) is 39.3 Å². The Morgan fingerprint density at radius 3 is 2.38 bits per heavy atom. The van der Waals surface area contributed by atoms with E-state index in [2.05, 4.69) is 30.6 Å². The zero-order valence-corrected chi connectivity index (χ0v) is 11.3. The van der Waals surface area contributed by atoms with Crippen molar-refractivity contribution in [3.8, 4) is 0 Å². The molecule has 0 aromatic rings. The normalized spacial score (nSPS) is 19.9. The van der Waals surface area contributed by atoms with Crippen LogP contribution in [0.15, 0.2) is 0 Å². The van der Waals surface area contributed by atoms with E-state index in [0.717, 1.165) is 25.0 Å². The third kappa shape index (κ3) is 4.40. The van der Waals surface area contributed by atoms with Gasteiger partial charge in [0.15, 0.2) is 0 Å². The number of nitrogens with two attached hydrogens (primary N) is 1. The summed E-state index contributed by atoms with van der Waals surface area (Å²) in [5.41, 5.74) is 5.59. The Morgan fingerprint density at radius 1 is 1.31 bits per heavy atom. The predicted molar refractivity (Wildman–Crippen MR) is 70.6 cm³/mol. The van der Waals surface area contributed by atoms with Gasteiger partial charge in [-0.2, -0.15) is 0 Å². The van der Waals surface area contributed by atoms with Crippen LogP contribution in [-0.4, -0.2) is 55.1 Å². The molecule has 0 aromatic carbocycles. The third-order valence-corrected chi connectivity index (χ3v) is 3.52. The fourth-order valence-corrected chi connectivity index (χ4v) is 2.70. The number of likely N-dealkylation sites (tertiary alicyclic amines) is 1. The van der Waals surface area contributed by atoms with E-state index in [4.69, 9.17) is 5.73 Å². The lowest BCUT2D eigenvalue weighted by molar-refractivity contribution is 0.104. The fraction of sp³-hybridized carbons (Fsp3) is 1.00. The van der Waals surface area contributed by atoms with Crippen LogP contribution < -0.4 is 5.73 Å². The topological polar surface area (TPSA) is 32.5 Å². The second-order valence-corrected chi connectivity index (χ2v) is 5.34. The number of nitrogens with zero attached hydrogens (tertiary/aromatic N) is 2. The summed E-state index contributed by atoms with van der Waals surface area (Å²) in [5, 5.41) is 0. The molecule has 16 heavy (non-hydrogen) atoms. The largest absolute Gasteiger partial charge is 0.329 e. The van der Waals surface area contributed by atoms with Crippen molar-refractivity contribution in [3.63, 3.8) is 0 Å². The Kier molecular flexibility index (Phi) is 6.32. The van der Waals surface area contributed by atoms with E-state index < -0.39 is 0 Å². The van der Waals surface area contributed by atoms with Crippen molar-refractivity contribution in [1.82, 2.24) is 9.80 Å². The smallest absolute Gasteiger partial charge is 0.0120 e. The summed E-state index contributed by atoms with van der Waals surface area (Å²) in [5.74, 6) is 0.780. The molecule has 2 N–H and O–H groups in total. The molecule has 0 bridgehead atoms. The molecule has 0 unspecified atom stereocenters. The number of hydrogen-bond acceptors (Lipinski definition) is 3. The summed E-state index contributed by atoms with van der Waals surface area (Å²) in [7, 11) is 0. The van der Waals surface area contributed by atoms with Gasteiger partial charge in [-0.15, -0.1) is 0 Å². The van der Waals surface area contributed by atoms with Crippen LogP contribution in [0.1, 0.15) is 33.6 Å². The summed E-state index contributed by atoms with van der Waals surface area (Å²) in [6.07, 6.45) is 2.64. The lowest BCUT2D eigenvalue weighted by Crippen LogP contribution is -2.46. The van der Waals surface area contributed by atoms with Gasteiger partial charge in [-0.05, 0) is 38.4 Å². The van der Waals surface area contributed by atoms with Crippen molar-refractivity contribution < 1.29 is 0 Å². The van der Waals surface area contributed by atoms with Gasteiger partial charge in [0.2, 0.25) is 0 Å². The van der Waals surface area contributed by atoms with Crippen molar-refractivity contribution in [1.29, 1.82) is 0 Å². The molecule has 0 spiro atoms. The van der Waals surface area contributed by atoms with Crippen molar-refractivity contribution in [2.24, 2.45) is 11.7 Å². The average molecular weight is 227 g/mol.